The van der Waals surface area contributed by atoms with Crippen molar-refractivity contribution in [2.45, 2.75) is 17.9 Å². The highest BCUT2D eigenvalue weighted by Crippen LogP contribution is 2.46. The molecular weight excluding hydrogens is 326 g/mol. The first-order chi connectivity index (χ1) is 11.1. The lowest BCUT2D eigenvalue weighted by Crippen LogP contribution is -2.28. The summed E-state index contributed by atoms with van der Waals surface area (Å²) in [7, 11) is -3.57. The zero-order valence-corrected chi connectivity index (χ0v) is 14.1. The van der Waals surface area contributed by atoms with Crippen molar-refractivity contribution in [2.24, 2.45) is 0 Å². The van der Waals surface area contributed by atoms with Crippen molar-refractivity contribution < 1.29 is 8.42 Å². The van der Waals surface area contributed by atoms with E-state index in [0.29, 0.717) is 4.90 Å². The van der Waals surface area contributed by atoms with Gasteiger partial charge in [-0.15, -0.1) is 11.3 Å². The minimum atomic E-state index is -3.57. The highest BCUT2D eigenvalue weighted by atomic mass is 32.2. The average molecular weight is 341 g/mol. The van der Waals surface area contributed by atoms with Crippen molar-refractivity contribution in [2.75, 3.05) is 0 Å². The standard InChI is InChI=1S/C18H15NO2S2/c1-12-6-8-13(9-7-12)23(20,21)19-17-14-4-2-3-5-15(14)18-16(17)10-11-22-18/h2-11,17,19H,1H3. The molecule has 0 spiro atoms. The third kappa shape index (κ3) is 2.41. The lowest BCUT2D eigenvalue weighted by Gasteiger charge is -2.15. The van der Waals surface area contributed by atoms with Crippen molar-refractivity contribution in [3.05, 3.63) is 76.7 Å². The summed E-state index contributed by atoms with van der Waals surface area (Å²) >= 11 is 1.65. The molecule has 1 aliphatic carbocycles. The van der Waals surface area contributed by atoms with E-state index >= 15 is 0 Å². The Balaban J connectivity index is 1.76. The number of hydrogen-bond donors (Lipinski definition) is 1. The molecule has 3 aromatic rings. The number of rotatable bonds is 3. The summed E-state index contributed by atoms with van der Waals surface area (Å²) in [5.74, 6) is 0. The minimum Gasteiger partial charge on any atom is -0.207 e. The van der Waals surface area contributed by atoms with Gasteiger partial charge in [0.15, 0.2) is 0 Å². The number of thiophene rings is 1. The first-order valence-electron chi connectivity index (χ1n) is 7.32. The summed E-state index contributed by atoms with van der Waals surface area (Å²) in [6.45, 7) is 1.94. The van der Waals surface area contributed by atoms with E-state index in [1.54, 1.807) is 23.5 Å². The van der Waals surface area contributed by atoms with Crippen LogP contribution >= 0.6 is 11.3 Å². The van der Waals surface area contributed by atoms with Gasteiger partial charge in [0.2, 0.25) is 10.0 Å². The largest absolute Gasteiger partial charge is 0.241 e. The Kier molecular flexibility index (Phi) is 3.37. The van der Waals surface area contributed by atoms with Gasteiger partial charge < -0.3 is 0 Å². The molecule has 0 fully saturated rings. The maximum Gasteiger partial charge on any atom is 0.241 e. The summed E-state index contributed by atoms with van der Waals surface area (Å²) in [6.07, 6.45) is 0. The van der Waals surface area contributed by atoms with Crippen LogP contribution in [-0.2, 0) is 10.0 Å². The SMILES string of the molecule is Cc1ccc(S(=O)(=O)NC2c3ccccc3-c3sccc32)cc1. The molecule has 116 valence electrons. The molecule has 0 amide bonds. The molecule has 1 atom stereocenters. The average Bonchev–Trinajstić information content (AvgIpc) is 3.11. The Labute approximate surface area is 139 Å². The fraction of sp³-hybridized carbons (Fsp3) is 0.111. The van der Waals surface area contributed by atoms with Crippen molar-refractivity contribution in [1.82, 2.24) is 4.72 Å². The van der Waals surface area contributed by atoms with E-state index in [2.05, 4.69) is 4.72 Å². The molecule has 1 unspecified atom stereocenters. The van der Waals surface area contributed by atoms with Gasteiger partial charge in [0.25, 0.3) is 0 Å². The zero-order valence-electron chi connectivity index (χ0n) is 12.5. The van der Waals surface area contributed by atoms with E-state index in [-0.39, 0.29) is 6.04 Å². The van der Waals surface area contributed by atoms with Gasteiger partial charge in [-0.3, -0.25) is 0 Å². The second-order valence-electron chi connectivity index (χ2n) is 5.66. The minimum absolute atomic E-state index is 0.296. The molecular formula is C18H15NO2S2. The third-order valence-corrected chi connectivity index (χ3v) is 6.53. The van der Waals surface area contributed by atoms with Crippen molar-refractivity contribution >= 4 is 21.4 Å². The molecule has 2 aromatic carbocycles. The molecule has 1 aliphatic rings. The summed E-state index contributed by atoms with van der Waals surface area (Å²) in [5.41, 5.74) is 4.21. The van der Waals surface area contributed by atoms with Crippen LogP contribution < -0.4 is 4.72 Å². The number of hydrogen-bond acceptors (Lipinski definition) is 3. The molecule has 23 heavy (non-hydrogen) atoms. The summed E-state index contributed by atoms with van der Waals surface area (Å²) in [4.78, 5) is 1.45. The highest BCUT2D eigenvalue weighted by molar-refractivity contribution is 7.89. The van der Waals surface area contributed by atoms with Crippen LogP contribution in [0.2, 0.25) is 0 Å². The first kappa shape index (κ1) is 14.6. The number of fused-ring (bicyclic) bond motifs is 3. The van der Waals surface area contributed by atoms with Crippen LogP contribution in [0.3, 0.4) is 0 Å². The van der Waals surface area contributed by atoms with E-state index in [1.807, 2.05) is 54.8 Å². The summed E-state index contributed by atoms with van der Waals surface area (Å²) in [6, 6.07) is 16.6. The van der Waals surface area contributed by atoms with Gasteiger partial charge in [0.05, 0.1) is 10.9 Å². The van der Waals surface area contributed by atoms with Gasteiger partial charge in [0.1, 0.15) is 0 Å². The Morgan fingerprint density at radius 3 is 2.48 bits per heavy atom. The predicted molar refractivity (Wildman–Crippen MR) is 93.1 cm³/mol. The Morgan fingerprint density at radius 1 is 0.957 bits per heavy atom. The van der Waals surface area contributed by atoms with E-state index in [1.165, 1.54) is 0 Å². The Morgan fingerprint density at radius 2 is 1.70 bits per heavy atom. The molecule has 0 aliphatic heterocycles. The van der Waals surface area contributed by atoms with E-state index in [0.717, 1.165) is 27.1 Å². The van der Waals surface area contributed by atoms with Crippen LogP contribution in [0.15, 0.2) is 64.9 Å². The fourth-order valence-corrected chi connectivity index (χ4v) is 5.14. The van der Waals surface area contributed by atoms with E-state index in [4.69, 9.17) is 0 Å². The van der Waals surface area contributed by atoms with Crippen molar-refractivity contribution in [1.29, 1.82) is 0 Å². The normalized spacial score (nSPS) is 16.1. The number of aryl methyl sites for hydroxylation is 1. The number of nitrogens with one attached hydrogen (secondary N) is 1. The first-order valence-corrected chi connectivity index (χ1v) is 9.68. The molecule has 1 heterocycles. The molecule has 5 heteroatoms. The summed E-state index contributed by atoms with van der Waals surface area (Å²) in [5, 5.41) is 2.01. The summed E-state index contributed by atoms with van der Waals surface area (Å²) < 4.78 is 28.3. The van der Waals surface area contributed by atoms with E-state index in [9.17, 15) is 8.42 Å². The number of sulfonamides is 1. The van der Waals surface area contributed by atoms with E-state index < -0.39 is 10.0 Å². The van der Waals surface area contributed by atoms with Gasteiger partial charge in [-0.25, -0.2) is 8.42 Å². The second kappa shape index (κ2) is 5.30. The predicted octanol–water partition coefficient (Wildman–Crippen LogP) is 4.10. The highest BCUT2D eigenvalue weighted by Gasteiger charge is 2.32. The molecule has 0 saturated carbocycles. The lowest BCUT2D eigenvalue weighted by molar-refractivity contribution is 0.573. The molecule has 3 nitrogen and oxygen atoms in total. The maximum absolute atomic E-state index is 12.7. The number of benzene rings is 2. The molecule has 4 rings (SSSR count). The van der Waals surface area contributed by atoms with Crippen LogP contribution in [0.1, 0.15) is 22.7 Å². The van der Waals surface area contributed by atoms with Gasteiger partial charge in [-0.2, -0.15) is 4.72 Å². The molecule has 1 aromatic heterocycles. The fourth-order valence-electron chi connectivity index (χ4n) is 2.96. The molecule has 1 N–H and O–H groups in total. The third-order valence-electron chi connectivity index (χ3n) is 4.13. The Hall–Kier alpha value is -1.95. The van der Waals surface area contributed by atoms with Gasteiger partial charge in [-0.05, 0) is 47.2 Å². The maximum atomic E-state index is 12.7. The van der Waals surface area contributed by atoms with Crippen LogP contribution in [0.25, 0.3) is 10.4 Å². The zero-order chi connectivity index (χ0) is 16.0. The molecule has 0 bridgehead atoms. The van der Waals surface area contributed by atoms with Gasteiger partial charge in [0, 0.05) is 4.88 Å². The second-order valence-corrected chi connectivity index (χ2v) is 8.29. The quantitative estimate of drug-likeness (QED) is 0.779. The van der Waals surface area contributed by atoms with Gasteiger partial charge >= 0.3 is 0 Å². The monoisotopic (exact) mass is 341 g/mol. The smallest absolute Gasteiger partial charge is 0.207 e. The Bertz CT molecular complexity index is 972. The van der Waals surface area contributed by atoms with Gasteiger partial charge in [-0.1, -0.05) is 42.0 Å². The van der Waals surface area contributed by atoms with Crippen molar-refractivity contribution in [3.63, 3.8) is 0 Å². The lowest BCUT2D eigenvalue weighted by atomic mass is 10.1. The molecule has 0 radical (unpaired) electrons. The topological polar surface area (TPSA) is 46.2 Å². The van der Waals surface area contributed by atoms with Crippen LogP contribution in [0.5, 0.6) is 0 Å². The van der Waals surface area contributed by atoms with Crippen molar-refractivity contribution in [3.8, 4) is 10.4 Å². The van der Waals surface area contributed by atoms with Crippen LogP contribution in [0.4, 0.5) is 0 Å². The van der Waals surface area contributed by atoms with Crippen LogP contribution in [0, 0.1) is 6.92 Å². The molecule has 0 saturated heterocycles. The van der Waals surface area contributed by atoms with Crippen LogP contribution in [-0.4, -0.2) is 8.42 Å².